The maximum Gasteiger partial charge on any atom is 0.323 e. The van der Waals surface area contributed by atoms with Crippen LogP contribution in [0.3, 0.4) is 0 Å². The quantitative estimate of drug-likeness (QED) is 0.770. The third-order valence-corrected chi connectivity index (χ3v) is 2.97. The van der Waals surface area contributed by atoms with Crippen LogP contribution in [0.25, 0.3) is 0 Å². The Kier molecular flexibility index (Phi) is 4.66. The number of aromatic nitrogens is 1. The minimum absolute atomic E-state index is 0.0136. The van der Waals surface area contributed by atoms with Crippen molar-refractivity contribution in [1.82, 2.24) is 15.6 Å². The van der Waals surface area contributed by atoms with E-state index in [1.54, 1.807) is 0 Å². The molecule has 0 aliphatic rings. The van der Waals surface area contributed by atoms with Crippen LogP contribution in [0.2, 0.25) is 0 Å². The molecule has 1 aromatic heterocycles. The summed E-state index contributed by atoms with van der Waals surface area (Å²) in [6.07, 6.45) is 0. The lowest BCUT2D eigenvalue weighted by atomic mass is 9.93. The Balaban J connectivity index is 2.42. The highest BCUT2D eigenvalue weighted by Gasteiger charge is 2.17. The zero-order chi connectivity index (χ0) is 13.8. The Bertz CT molecular complexity index is 437. The standard InChI is InChI=1S/C11H17N3O3S/c1-11(2,3)7-6-18-8(14-7)4-12-10(17)13-5-9(15)16/h6H,4-5H2,1-3H3,(H,15,16)(H2,12,13,17). The van der Waals surface area contributed by atoms with E-state index in [0.29, 0.717) is 6.54 Å². The topological polar surface area (TPSA) is 91.3 Å². The van der Waals surface area contributed by atoms with E-state index in [1.807, 2.05) is 5.38 Å². The number of rotatable bonds is 4. The third kappa shape index (κ3) is 4.70. The second-order valence-electron chi connectivity index (χ2n) is 4.81. The number of hydrogen-bond acceptors (Lipinski definition) is 4. The van der Waals surface area contributed by atoms with Gasteiger partial charge in [-0.3, -0.25) is 4.79 Å². The molecule has 100 valence electrons. The molecule has 0 aliphatic carbocycles. The first-order valence-corrected chi connectivity index (χ1v) is 6.35. The molecular formula is C11H17N3O3S. The number of nitrogens with one attached hydrogen (secondary N) is 2. The third-order valence-electron chi connectivity index (χ3n) is 2.12. The van der Waals surface area contributed by atoms with Gasteiger partial charge in [-0.2, -0.15) is 0 Å². The van der Waals surface area contributed by atoms with Gasteiger partial charge in [-0.05, 0) is 0 Å². The van der Waals surface area contributed by atoms with Gasteiger partial charge in [0.25, 0.3) is 0 Å². The smallest absolute Gasteiger partial charge is 0.323 e. The fourth-order valence-corrected chi connectivity index (χ4v) is 2.07. The lowest BCUT2D eigenvalue weighted by Gasteiger charge is -2.14. The molecular weight excluding hydrogens is 254 g/mol. The van der Waals surface area contributed by atoms with Gasteiger partial charge in [-0.25, -0.2) is 9.78 Å². The summed E-state index contributed by atoms with van der Waals surface area (Å²) in [5, 5.41) is 15.9. The summed E-state index contributed by atoms with van der Waals surface area (Å²) in [6.45, 7) is 6.11. The molecule has 18 heavy (non-hydrogen) atoms. The molecule has 0 saturated carbocycles. The largest absolute Gasteiger partial charge is 0.480 e. The fraction of sp³-hybridized carbons (Fsp3) is 0.545. The second-order valence-corrected chi connectivity index (χ2v) is 5.75. The maximum atomic E-state index is 11.2. The average molecular weight is 271 g/mol. The molecule has 2 amide bonds. The first-order valence-electron chi connectivity index (χ1n) is 5.47. The zero-order valence-electron chi connectivity index (χ0n) is 10.6. The summed E-state index contributed by atoms with van der Waals surface area (Å²) < 4.78 is 0. The van der Waals surface area contributed by atoms with Crippen molar-refractivity contribution >= 4 is 23.3 Å². The van der Waals surface area contributed by atoms with Crippen LogP contribution in [0, 0.1) is 0 Å². The van der Waals surface area contributed by atoms with Gasteiger partial charge >= 0.3 is 12.0 Å². The van der Waals surface area contributed by atoms with E-state index in [2.05, 4.69) is 36.4 Å². The van der Waals surface area contributed by atoms with Crippen molar-refractivity contribution in [3.8, 4) is 0 Å². The molecule has 0 spiro atoms. The van der Waals surface area contributed by atoms with E-state index in [1.165, 1.54) is 11.3 Å². The first kappa shape index (κ1) is 14.4. The van der Waals surface area contributed by atoms with Crippen LogP contribution in [0.4, 0.5) is 4.79 Å². The van der Waals surface area contributed by atoms with Gasteiger partial charge in [0.1, 0.15) is 11.6 Å². The number of carboxylic acid groups (broad SMARTS) is 1. The Morgan fingerprint density at radius 3 is 2.56 bits per heavy atom. The van der Waals surface area contributed by atoms with Crippen LogP contribution in [0.15, 0.2) is 5.38 Å². The molecule has 0 unspecified atom stereocenters. The molecule has 1 rings (SSSR count). The summed E-state index contributed by atoms with van der Waals surface area (Å²) >= 11 is 1.47. The van der Waals surface area contributed by atoms with Crippen LogP contribution in [0.5, 0.6) is 0 Å². The van der Waals surface area contributed by atoms with E-state index in [9.17, 15) is 9.59 Å². The van der Waals surface area contributed by atoms with Gasteiger partial charge in [0.15, 0.2) is 0 Å². The SMILES string of the molecule is CC(C)(C)c1csc(CNC(=O)NCC(=O)O)n1. The maximum absolute atomic E-state index is 11.2. The van der Waals surface area contributed by atoms with Crippen LogP contribution in [-0.2, 0) is 16.8 Å². The average Bonchev–Trinajstić information content (AvgIpc) is 2.71. The van der Waals surface area contributed by atoms with Crippen LogP contribution >= 0.6 is 11.3 Å². The van der Waals surface area contributed by atoms with Crippen molar-refractivity contribution in [2.75, 3.05) is 6.54 Å². The zero-order valence-corrected chi connectivity index (χ0v) is 11.4. The molecule has 6 nitrogen and oxygen atoms in total. The monoisotopic (exact) mass is 271 g/mol. The predicted molar refractivity (Wildman–Crippen MR) is 68.7 cm³/mol. The lowest BCUT2D eigenvalue weighted by molar-refractivity contribution is -0.135. The molecule has 0 atom stereocenters. The fourth-order valence-electron chi connectivity index (χ4n) is 1.11. The Hall–Kier alpha value is -1.63. The van der Waals surface area contributed by atoms with Crippen molar-refractivity contribution in [2.45, 2.75) is 32.7 Å². The summed E-state index contributed by atoms with van der Waals surface area (Å²) in [5.41, 5.74) is 0.968. The van der Waals surface area contributed by atoms with Gasteiger partial charge in [0, 0.05) is 10.8 Å². The molecule has 0 fully saturated rings. The number of nitrogens with zero attached hydrogens (tertiary/aromatic N) is 1. The Morgan fingerprint density at radius 1 is 1.39 bits per heavy atom. The van der Waals surface area contributed by atoms with Crippen LogP contribution in [-0.4, -0.2) is 28.6 Å². The Morgan fingerprint density at radius 2 is 2.06 bits per heavy atom. The van der Waals surface area contributed by atoms with Gasteiger partial charge in [-0.15, -0.1) is 11.3 Å². The van der Waals surface area contributed by atoms with Crippen molar-refractivity contribution in [3.63, 3.8) is 0 Å². The Labute approximate surface area is 109 Å². The van der Waals surface area contributed by atoms with E-state index in [-0.39, 0.29) is 5.41 Å². The van der Waals surface area contributed by atoms with Gasteiger partial charge < -0.3 is 15.7 Å². The summed E-state index contributed by atoms with van der Waals surface area (Å²) in [4.78, 5) is 25.9. The van der Waals surface area contributed by atoms with E-state index in [0.717, 1.165) is 10.7 Å². The number of carbonyl (C=O) groups is 2. The van der Waals surface area contributed by atoms with Crippen molar-refractivity contribution < 1.29 is 14.7 Å². The van der Waals surface area contributed by atoms with Crippen LogP contribution < -0.4 is 10.6 Å². The molecule has 0 bridgehead atoms. The number of thiazole rings is 1. The van der Waals surface area contributed by atoms with Gasteiger partial charge in [0.2, 0.25) is 0 Å². The number of hydrogen-bond donors (Lipinski definition) is 3. The molecule has 7 heteroatoms. The predicted octanol–water partition coefficient (Wildman–Crippen LogP) is 1.32. The molecule has 0 saturated heterocycles. The molecule has 1 heterocycles. The molecule has 0 aromatic carbocycles. The number of aliphatic carboxylic acids is 1. The van der Waals surface area contributed by atoms with Gasteiger partial charge in [-0.1, -0.05) is 20.8 Å². The second kappa shape index (κ2) is 5.81. The lowest BCUT2D eigenvalue weighted by Crippen LogP contribution is -2.38. The van der Waals surface area contributed by atoms with E-state index in [4.69, 9.17) is 5.11 Å². The number of urea groups is 1. The molecule has 0 radical (unpaired) electrons. The number of carboxylic acids is 1. The van der Waals surface area contributed by atoms with Crippen molar-refractivity contribution in [3.05, 3.63) is 16.1 Å². The minimum atomic E-state index is -1.07. The summed E-state index contributed by atoms with van der Waals surface area (Å²) in [5.74, 6) is -1.07. The molecule has 3 N–H and O–H groups in total. The number of carbonyl (C=O) groups excluding carboxylic acids is 1. The van der Waals surface area contributed by atoms with Gasteiger partial charge in [0.05, 0.1) is 12.2 Å². The highest BCUT2D eigenvalue weighted by molar-refractivity contribution is 7.09. The van der Waals surface area contributed by atoms with E-state index >= 15 is 0 Å². The first-order chi connectivity index (χ1) is 8.29. The summed E-state index contributed by atoms with van der Waals surface area (Å²) in [6, 6.07) is -0.509. The molecule has 0 aliphatic heterocycles. The highest BCUT2D eigenvalue weighted by Crippen LogP contribution is 2.23. The van der Waals surface area contributed by atoms with Crippen molar-refractivity contribution in [2.24, 2.45) is 0 Å². The van der Waals surface area contributed by atoms with E-state index < -0.39 is 18.5 Å². The van der Waals surface area contributed by atoms with Crippen molar-refractivity contribution in [1.29, 1.82) is 0 Å². The molecule has 1 aromatic rings. The number of amides is 2. The summed E-state index contributed by atoms with van der Waals surface area (Å²) in [7, 11) is 0. The highest BCUT2D eigenvalue weighted by atomic mass is 32.1. The minimum Gasteiger partial charge on any atom is -0.480 e. The van der Waals surface area contributed by atoms with Crippen LogP contribution in [0.1, 0.15) is 31.5 Å². The normalized spacial score (nSPS) is 11.1.